The molecule has 3 aromatic carbocycles. The Kier molecular flexibility index (Phi) is 3.50. The Morgan fingerprint density at radius 2 is 1.79 bits per heavy atom. The molecule has 0 fully saturated rings. The minimum absolute atomic E-state index is 0.0959. The van der Waals surface area contributed by atoms with Crippen molar-refractivity contribution in [1.29, 1.82) is 0 Å². The van der Waals surface area contributed by atoms with Crippen LogP contribution in [0, 0.1) is 0 Å². The summed E-state index contributed by atoms with van der Waals surface area (Å²) in [4.78, 5) is 23.9. The monoisotopic (exact) mass is 373 g/mol. The summed E-state index contributed by atoms with van der Waals surface area (Å²) >= 11 is 0. The average molecular weight is 373 g/mol. The van der Waals surface area contributed by atoms with E-state index in [4.69, 9.17) is 19.9 Å². The number of carbonyl (C=O) groups is 2. The van der Waals surface area contributed by atoms with Crippen molar-refractivity contribution in [3.63, 3.8) is 0 Å². The van der Waals surface area contributed by atoms with Crippen molar-refractivity contribution in [1.82, 2.24) is 0 Å². The van der Waals surface area contributed by atoms with Crippen molar-refractivity contribution >= 4 is 22.5 Å². The number of rotatable bonds is 2. The zero-order valence-corrected chi connectivity index (χ0v) is 14.7. The van der Waals surface area contributed by atoms with E-state index in [1.807, 2.05) is 30.3 Å². The molecular formula is C22H15NO5. The Labute approximate surface area is 160 Å². The van der Waals surface area contributed by atoms with Crippen molar-refractivity contribution in [3.8, 4) is 17.2 Å². The first-order valence-corrected chi connectivity index (χ1v) is 8.79. The van der Waals surface area contributed by atoms with E-state index in [2.05, 4.69) is 0 Å². The Morgan fingerprint density at radius 3 is 2.61 bits per heavy atom. The molecule has 0 amide bonds. The van der Waals surface area contributed by atoms with Gasteiger partial charge in [-0.05, 0) is 24.3 Å². The van der Waals surface area contributed by atoms with Crippen LogP contribution in [0.5, 0.6) is 17.2 Å². The summed E-state index contributed by atoms with van der Waals surface area (Å²) in [5.41, 5.74) is 6.53. The Hall–Kier alpha value is -3.64. The fourth-order valence-corrected chi connectivity index (χ4v) is 3.63. The lowest BCUT2D eigenvalue weighted by Gasteiger charge is -2.39. The molecule has 6 heteroatoms. The molecule has 3 aromatic rings. The Balaban J connectivity index is 1.67. The summed E-state index contributed by atoms with van der Waals surface area (Å²) in [6, 6.07) is 16.0. The van der Waals surface area contributed by atoms with E-state index in [1.165, 1.54) is 6.08 Å². The highest BCUT2D eigenvalue weighted by molar-refractivity contribution is 6.07. The molecular weight excluding hydrogens is 358 g/mol. The van der Waals surface area contributed by atoms with Gasteiger partial charge in [0.1, 0.15) is 17.2 Å². The van der Waals surface area contributed by atoms with Gasteiger partial charge in [0.05, 0.1) is 17.5 Å². The smallest absolute Gasteiger partial charge is 0.325 e. The maximum atomic E-state index is 12.3. The SMILES string of the molecule is NCC(=O)Oc1ccc2c3c(cccc13)OC1(C=CC(=O)c3ccccc31)O2. The number of nitrogens with two attached hydrogens (primary N) is 1. The van der Waals surface area contributed by atoms with Crippen LogP contribution in [0.1, 0.15) is 15.9 Å². The first-order chi connectivity index (χ1) is 13.6. The van der Waals surface area contributed by atoms with Crippen molar-refractivity contribution in [2.24, 2.45) is 5.73 Å². The molecule has 28 heavy (non-hydrogen) atoms. The molecule has 1 atom stereocenters. The topological polar surface area (TPSA) is 87.9 Å². The number of allylic oxidation sites excluding steroid dienone is 1. The van der Waals surface area contributed by atoms with Gasteiger partial charge in [0.25, 0.3) is 5.79 Å². The molecule has 5 rings (SSSR count). The summed E-state index contributed by atoms with van der Waals surface area (Å²) in [5.74, 6) is -0.342. The van der Waals surface area contributed by atoms with Crippen LogP contribution in [-0.4, -0.2) is 18.3 Å². The van der Waals surface area contributed by atoms with Crippen molar-refractivity contribution in [3.05, 3.63) is 77.9 Å². The second-order valence-electron chi connectivity index (χ2n) is 6.53. The number of benzene rings is 3. The fourth-order valence-electron chi connectivity index (χ4n) is 3.63. The number of carbonyl (C=O) groups excluding carboxylic acids is 2. The lowest BCUT2D eigenvalue weighted by atomic mass is 9.90. The number of ether oxygens (including phenoxy) is 3. The number of fused-ring (bicyclic) bond motifs is 2. The van der Waals surface area contributed by atoms with Gasteiger partial charge in [0, 0.05) is 17.0 Å². The van der Waals surface area contributed by atoms with Gasteiger partial charge in [-0.15, -0.1) is 0 Å². The van der Waals surface area contributed by atoms with E-state index >= 15 is 0 Å². The predicted octanol–water partition coefficient (Wildman–Crippen LogP) is 3.08. The zero-order chi connectivity index (χ0) is 19.3. The quantitative estimate of drug-likeness (QED) is 0.549. The maximum Gasteiger partial charge on any atom is 0.325 e. The summed E-state index contributed by atoms with van der Waals surface area (Å²) in [7, 11) is 0. The minimum atomic E-state index is -1.23. The number of esters is 1. The molecule has 0 aromatic heterocycles. The molecule has 1 aliphatic carbocycles. The molecule has 1 spiro atoms. The number of ketones is 1. The normalized spacial score (nSPS) is 19.1. The van der Waals surface area contributed by atoms with Gasteiger partial charge < -0.3 is 19.9 Å². The van der Waals surface area contributed by atoms with E-state index in [0.717, 1.165) is 0 Å². The first kappa shape index (κ1) is 16.5. The summed E-state index contributed by atoms with van der Waals surface area (Å²) in [5, 5.41) is 1.37. The van der Waals surface area contributed by atoms with Crippen LogP contribution in [0.3, 0.4) is 0 Å². The van der Waals surface area contributed by atoms with Gasteiger partial charge >= 0.3 is 5.97 Å². The van der Waals surface area contributed by atoms with Crippen LogP contribution in [0.25, 0.3) is 10.8 Å². The van der Waals surface area contributed by atoms with Crippen molar-refractivity contribution in [2.45, 2.75) is 5.79 Å². The lowest BCUT2D eigenvalue weighted by Crippen LogP contribution is -2.42. The number of hydrogen-bond donors (Lipinski definition) is 1. The molecule has 138 valence electrons. The third-order valence-corrected chi connectivity index (χ3v) is 4.86. The highest BCUT2D eigenvalue weighted by atomic mass is 16.7. The predicted molar refractivity (Wildman–Crippen MR) is 101 cm³/mol. The molecule has 0 saturated carbocycles. The Bertz CT molecular complexity index is 1170. The molecule has 0 saturated heterocycles. The summed E-state index contributed by atoms with van der Waals surface area (Å²) in [6.45, 7) is -0.214. The summed E-state index contributed by atoms with van der Waals surface area (Å²) in [6.07, 6.45) is 3.09. The van der Waals surface area contributed by atoms with E-state index in [0.29, 0.717) is 39.1 Å². The molecule has 0 radical (unpaired) electrons. The fraction of sp³-hybridized carbons (Fsp3) is 0.0909. The summed E-state index contributed by atoms with van der Waals surface area (Å²) < 4.78 is 17.9. The van der Waals surface area contributed by atoms with Gasteiger partial charge in [-0.1, -0.05) is 36.4 Å². The maximum absolute atomic E-state index is 12.3. The van der Waals surface area contributed by atoms with Crippen LogP contribution >= 0.6 is 0 Å². The van der Waals surface area contributed by atoms with Gasteiger partial charge in [0.2, 0.25) is 0 Å². The highest BCUT2D eigenvalue weighted by Gasteiger charge is 2.44. The van der Waals surface area contributed by atoms with Gasteiger partial charge in [0.15, 0.2) is 5.78 Å². The lowest BCUT2D eigenvalue weighted by molar-refractivity contribution is -0.132. The van der Waals surface area contributed by atoms with E-state index < -0.39 is 11.8 Å². The van der Waals surface area contributed by atoms with E-state index in [1.54, 1.807) is 30.3 Å². The van der Waals surface area contributed by atoms with Crippen LogP contribution in [-0.2, 0) is 10.6 Å². The third-order valence-electron chi connectivity index (χ3n) is 4.86. The zero-order valence-electron chi connectivity index (χ0n) is 14.7. The Morgan fingerprint density at radius 1 is 1.00 bits per heavy atom. The van der Waals surface area contributed by atoms with Crippen LogP contribution in [0.4, 0.5) is 0 Å². The van der Waals surface area contributed by atoms with Crippen LogP contribution in [0.2, 0.25) is 0 Å². The van der Waals surface area contributed by atoms with Crippen molar-refractivity contribution < 1.29 is 23.8 Å². The standard InChI is InChI=1S/C22H15NO5/c23-12-20(25)26-17-8-9-19-21-14(17)5-3-7-18(21)27-22(28-19)11-10-16(24)13-4-1-2-6-15(13)22/h1-11H,12,23H2. The molecule has 1 unspecified atom stereocenters. The van der Waals surface area contributed by atoms with Crippen LogP contribution in [0.15, 0.2) is 66.7 Å². The first-order valence-electron chi connectivity index (χ1n) is 8.79. The van der Waals surface area contributed by atoms with Crippen LogP contribution < -0.4 is 19.9 Å². The molecule has 0 bridgehead atoms. The third kappa shape index (κ3) is 2.32. The minimum Gasteiger partial charge on any atom is -0.444 e. The second kappa shape index (κ2) is 5.94. The molecule has 2 N–H and O–H groups in total. The van der Waals surface area contributed by atoms with E-state index in [9.17, 15) is 9.59 Å². The average Bonchev–Trinajstić information content (AvgIpc) is 2.73. The molecule has 1 aliphatic heterocycles. The van der Waals surface area contributed by atoms with E-state index in [-0.39, 0.29) is 12.3 Å². The molecule has 6 nitrogen and oxygen atoms in total. The van der Waals surface area contributed by atoms with Gasteiger partial charge in [-0.3, -0.25) is 9.59 Å². The molecule has 2 aliphatic rings. The largest absolute Gasteiger partial charge is 0.444 e. The van der Waals surface area contributed by atoms with Gasteiger partial charge in [-0.2, -0.15) is 0 Å². The highest BCUT2D eigenvalue weighted by Crippen LogP contribution is 2.49. The second-order valence-corrected chi connectivity index (χ2v) is 6.53. The molecule has 1 heterocycles. The van der Waals surface area contributed by atoms with Gasteiger partial charge in [-0.25, -0.2) is 0 Å². The van der Waals surface area contributed by atoms with Crippen molar-refractivity contribution in [2.75, 3.05) is 6.54 Å². The number of hydrogen-bond acceptors (Lipinski definition) is 6.